The number of hydrogen-bond donors (Lipinski definition) is 1. The summed E-state index contributed by atoms with van der Waals surface area (Å²) in [6, 6.07) is 4.57. The van der Waals surface area contributed by atoms with Gasteiger partial charge >= 0.3 is 0 Å². The van der Waals surface area contributed by atoms with Crippen molar-refractivity contribution in [1.29, 1.82) is 0 Å². The van der Waals surface area contributed by atoms with Gasteiger partial charge in [0.2, 0.25) is 10.0 Å². The van der Waals surface area contributed by atoms with Crippen LogP contribution in [0.25, 0.3) is 0 Å². The van der Waals surface area contributed by atoms with Gasteiger partial charge in [-0.3, -0.25) is 4.79 Å². The van der Waals surface area contributed by atoms with E-state index in [1.807, 2.05) is 0 Å². The molecule has 0 saturated carbocycles. The Morgan fingerprint density at radius 1 is 1.41 bits per heavy atom. The van der Waals surface area contributed by atoms with Crippen molar-refractivity contribution in [3.8, 4) is 0 Å². The zero-order chi connectivity index (χ0) is 16.2. The summed E-state index contributed by atoms with van der Waals surface area (Å²) in [5.74, 6) is -0.165. The summed E-state index contributed by atoms with van der Waals surface area (Å²) in [4.78, 5) is 14.3. The third-order valence-corrected chi connectivity index (χ3v) is 4.89. The molecule has 1 heterocycles. The molecule has 0 aromatic heterocycles. The molecular formula is C15H20N2O4S. The molecule has 1 N–H and O–H groups in total. The van der Waals surface area contributed by atoms with Gasteiger partial charge in [0.15, 0.2) is 0 Å². The van der Waals surface area contributed by atoms with E-state index in [2.05, 4.69) is 11.3 Å². The number of aryl methyl sites for hydroxylation is 1. The summed E-state index contributed by atoms with van der Waals surface area (Å²) >= 11 is 0. The first-order valence-corrected chi connectivity index (χ1v) is 8.52. The number of ether oxygens (including phenoxy) is 1. The maximum atomic E-state index is 12.6. The topological polar surface area (TPSA) is 75.7 Å². The average molecular weight is 324 g/mol. The van der Waals surface area contributed by atoms with Crippen LogP contribution in [0.3, 0.4) is 0 Å². The van der Waals surface area contributed by atoms with E-state index in [1.54, 1.807) is 17.9 Å². The fraction of sp³-hybridized carbons (Fsp3) is 0.400. The Kier molecular flexibility index (Phi) is 5.33. The van der Waals surface area contributed by atoms with Crippen LogP contribution in [-0.2, 0) is 14.8 Å². The first-order chi connectivity index (χ1) is 10.5. The number of carbonyl (C=O) groups is 1. The van der Waals surface area contributed by atoms with Gasteiger partial charge in [0.05, 0.1) is 18.1 Å². The molecule has 0 aliphatic carbocycles. The van der Waals surface area contributed by atoms with Gasteiger partial charge in [0, 0.05) is 25.2 Å². The molecule has 7 heteroatoms. The first kappa shape index (κ1) is 16.7. The van der Waals surface area contributed by atoms with E-state index >= 15 is 0 Å². The first-order valence-electron chi connectivity index (χ1n) is 7.04. The standard InChI is InChI=1S/C15H20N2O4S/c1-3-6-16-22(19,20)13-5-4-12(2)14(11-13)15(18)17-7-9-21-10-8-17/h3-5,11,16H,1,6-10H2,2H3. The number of morpholine rings is 1. The van der Waals surface area contributed by atoms with Crippen LogP contribution in [0, 0.1) is 6.92 Å². The van der Waals surface area contributed by atoms with Crippen molar-refractivity contribution >= 4 is 15.9 Å². The number of nitrogens with zero attached hydrogens (tertiary/aromatic N) is 1. The molecule has 1 aromatic rings. The predicted molar refractivity (Wildman–Crippen MR) is 83.3 cm³/mol. The molecule has 1 saturated heterocycles. The zero-order valence-corrected chi connectivity index (χ0v) is 13.4. The number of nitrogens with one attached hydrogen (secondary N) is 1. The Bertz CT molecular complexity index is 664. The van der Waals surface area contributed by atoms with E-state index in [0.717, 1.165) is 5.56 Å². The normalized spacial score (nSPS) is 15.6. The van der Waals surface area contributed by atoms with Crippen molar-refractivity contribution in [2.45, 2.75) is 11.8 Å². The van der Waals surface area contributed by atoms with E-state index in [-0.39, 0.29) is 17.3 Å². The monoisotopic (exact) mass is 324 g/mol. The maximum absolute atomic E-state index is 12.6. The molecule has 1 aromatic carbocycles. The molecule has 0 unspecified atom stereocenters. The Morgan fingerprint density at radius 3 is 2.73 bits per heavy atom. The van der Waals surface area contributed by atoms with Crippen LogP contribution >= 0.6 is 0 Å². The van der Waals surface area contributed by atoms with Gasteiger partial charge in [-0.2, -0.15) is 0 Å². The lowest BCUT2D eigenvalue weighted by molar-refractivity contribution is 0.0302. The summed E-state index contributed by atoms with van der Waals surface area (Å²) in [5, 5.41) is 0. The Morgan fingerprint density at radius 2 is 2.09 bits per heavy atom. The van der Waals surface area contributed by atoms with Gasteiger partial charge in [-0.15, -0.1) is 6.58 Å². The average Bonchev–Trinajstić information content (AvgIpc) is 2.53. The number of carbonyl (C=O) groups excluding carboxylic acids is 1. The molecule has 0 spiro atoms. The zero-order valence-electron chi connectivity index (χ0n) is 12.5. The van der Waals surface area contributed by atoms with Crippen molar-refractivity contribution in [1.82, 2.24) is 9.62 Å². The van der Waals surface area contributed by atoms with Crippen molar-refractivity contribution in [2.24, 2.45) is 0 Å². The van der Waals surface area contributed by atoms with Crippen molar-refractivity contribution in [3.63, 3.8) is 0 Å². The molecule has 1 aliphatic rings. The van der Waals surface area contributed by atoms with Gasteiger partial charge in [0.25, 0.3) is 5.91 Å². The second-order valence-electron chi connectivity index (χ2n) is 5.02. The van der Waals surface area contributed by atoms with Crippen LogP contribution in [0.15, 0.2) is 35.7 Å². The second-order valence-corrected chi connectivity index (χ2v) is 6.79. The maximum Gasteiger partial charge on any atom is 0.254 e. The van der Waals surface area contributed by atoms with Gasteiger partial charge in [-0.25, -0.2) is 13.1 Å². The predicted octanol–water partition coefficient (Wildman–Crippen LogP) is 0.932. The fourth-order valence-corrected chi connectivity index (χ4v) is 3.21. The third-order valence-electron chi connectivity index (χ3n) is 3.47. The SMILES string of the molecule is C=CCNS(=O)(=O)c1ccc(C)c(C(=O)N2CCOCC2)c1. The minimum atomic E-state index is -3.64. The summed E-state index contributed by atoms with van der Waals surface area (Å²) in [5.41, 5.74) is 1.16. The highest BCUT2D eigenvalue weighted by molar-refractivity contribution is 7.89. The minimum Gasteiger partial charge on any atom is -0.378 e. The summed E-state index contributed by atoms with van der Waals surface area (Å²) in [7, 11) is -3.64. The Hall–Kier alpha value is -1.70. The van der Waals surface area contributed by atoms with E-state index in [4.69, 9.17) is 4.74 Å². The van der Waals surface area contributed by atoms with E-state index < -0.39 is 10.0 Å². The van der Waals surface area contributed by atoms with Crippen LogP contribution in [0.5, 0.6) is 0 Å². The number of benzene rings is 1. The summed E-state index contributed by atoms with van der Waals surface area (Å²) < 4.78 is 31.9. The van der Waals surface area contributed by atoms with E-state index in [1.165, 1.54) is 18.2 Å². The molecular weight excluding hydrogens is 304 g/mol. The van der Waals surface area contributed by atoms with Gasteiger partial charge in [-0.1, -0.05) is 12.1 Å². The van der Waals surface area contributed by atoms with Crippen LogP contribution in [-0.4, -0.2) is 52.1 Å². The smallest absolute Gasteiger partial charge is 0.254 e. The Labute approximate surface area is 130 Å². The second kappa shape index (κ2) is 7.04. The van der Waals surface area contributed by atoms with Gasteiger partial charge < -0.3 is 9.64 Å². The molecule has 1 amide bonds. The molecule has 22 heavy (non-hydrogen) atoms. The third kappa shape index (κ3) is 3.73. The molecule has 6 nitrogen and oxygen atoms in total. The number of hydrogen-bond acceptors (Lipinski definition) is 4. The highest BCUT2D eigenvalue weighted by Gasteiger charge is 2.22. The quantitative estimate of drug-likeness (QED) is 0.818. The molecule has 1 aliphatic heterocycles. The molecule has 0 atom stereocenters. The van der Waals surface area contributed by atoms with Crippen molar-refractivity contribution in [2.75, 3.05) is 32.8 Å². The van der Waals surface area contributed by atoms with Crippen molar-refractivity contribution in [3.05, 3.63) is 42.0 Å². The van der Waals surface area contributed by atoms with E-state index in [9.17, 15) is 13.2 Å². The molecule has 2 rings (SSSR count). The lowest BCUT2D eigenvalue weighted by Crippen LogP contribution is -2.41. The lowest BCUT2D eigenvalue weighted by atomic mass is 10.1. The number of amides is 1. The van der Waals surface area contributed by atoms with Crippen molar-refractivity contribution < 1.29 is 17.9 Å². The number of rotatable bonds is 5. The largest absolute Gasteiger partial charge is 0.378 e. The van der Waals surface area contributed by atoms with Crippen LogP contribution < -0.4 is 4.72 Å². The van der Waals surface area contributed by atoms with Gasteiger partial charge in [0.1, 0.15) is 0 Å². The van der Waals surface area contributed by atoms with E-state index in [0.29, 0.717) is 31.9 Å². The fourth-order valence-electron chi connectivity index (χ4n) is 2.19. The summed E-state index contributed by atoms with van der Waals surface area (Å²) in [6.07, 6.45) is 1.46. The molecule has 1 fully saturated rings. The van der Waals surface area contributed by atoms with Crippen LogP contribution in [0.4, 0.5) is 0 Å². The summed E-state index contributed by atoms with van der Waals surface area (Å²) in [6.45, 7) is 7.46. The van der Waals surface area contributed by atoms with Crippen LogP contribution in [0.1, 0.15) is 15.9 Å². The van der Waals surface area contributed by atoms with Gasteiger partial charge in [-0.05, 0) is 24.6 Å². The Balaban J connectivity index is 2.30. The number of sulfonamides is 1. The lowest BCUT2D eigenvalue weighted by Gasteiger charge is -2.27. The minimum absolute atomic E-state index is 0.0801. The highest BCUT2D eigenvalue weighted by atomic mass is 32.2. The molecule has 120 valence electrons. The molecule has 0 bridgehead atoms. The highest BCUT2D eigenvalue weighted by Crippen LogP contribution is 2.18. The van der Waals surface area contributed by atoms with Crippen LogP contribution in [0.2, 0.25) is 0 Å². The molecule has 0 radical (unpaired) electrons.